The number of nitrogens with zero attached hydrogens (tertiary/aromatic N) is 7. The van der Waals surface area contributed by atoms with Crippen molar-refractivity contribution < 1.29 is 156 Å². The minimum absolute atomic E-state index is 0. The molecular weight excluding hydrogens is 1890 g/mol. The molecule has 6 aromatic rings. The van der Waals surface area contributed by atoms with Crippen LogP contribution < -0.4 is 43.0 Å². The van der Waals surface area contributed by atoms with E-state index in [4.69, 9.17) is 25.1 Å². The number of aliphatic carboxylic acids is 1. The first-order valence-electron chi connectivity index (χ1n) is 42.4. The van der Waals surface area contributed by atoms with Crippen molar-refractivity contribution in [2.45, 2.75) is 272 Å². The van der Waals surface area contributed by atoms with Gasteiger partial charge in [0.25, 0.3) is 0 Å². The molecule has 137 heavy (non-hydrogen) atoms. The topological polar surface area (TPSA) is 412 Å². The van der Waals surface area contributed by atoms with Gasteiger partial charge in [0.1, 0.15) is 64.0 Å². The lowest BCUT2D eigenvalue weighted by Gasteiger charge is -2.31. The molecule has 2 aromatic heterocycles. The van der Waals surface area contributed by atoms with E-state index < -0.39 is 238 Å². The smallest absolute Gasteiger partial charge is 0.451 e. The third kappa shape index (κ3) is 40.1. The Balaban J connectivity index is 0.000000462. The van der Waals surface area contributed by atoms with Gasteiger partial charge in [0, 0.05) is 81.0 Å². The number of ether oxygens (including phenoxy) is 5. The zero-order chi connectivity index (χ0) is 103. The SMILES string of the molecule is CCC(C)C(NC(=O)OC(C)(C)C)C(=O)N[C@@H](CC(=O)N1CCn2c(nnc2C(F)(F)F)C1)Cc1cc(F)c(F)cc1F.CCC(C)C(NC(=O)OC(C)(C)C)C(=O)N[C@@H](CC(=O)O)Cc1cc(F)c(F)cc1F.CCC(C)C(NC(=O)OC(C)(C)C)C(=O)N[C@@H](CC(=O)OC)Cc1cc(F)c(F)cc1F.COC(=O)C[C@H](N)Cc1cc(F)c(F)cc1F.Cl.FC(F)(F)c1nnc2n1CCNC2. The number of carboxylic acids is 1. The van der Waals surface area contributed by atoms with Gasteiger partial charge in [0.05, 0.1) is 46.6 Å². The number of alkyl carbamates (subject to hydrolysis) is 3. The molecular formula is C87H114ClF18N15O16. The highest BCUT2D eigenvalue weighted by Crippen LogP contribution is 2.32. The standard InChI is InChI=1S/C27H34F6N6O4.C22H31F3N2O5.C21H29F3N2O5.C11H12F3NO2.C6H7F3N4.ClH/c1-6-14(2)22(35-25(42)43-26(3,4)5)23(41)34-16(9-15-10-18(29)19(30)12-17(15)28)11-21(40)38-7-8-39-20(13-38)36-37-24(39)27(31,32)33;1-7-12(2)19(27-21(30)32-22(3,4)5)20(29)26-14(10-18(28)31-6)8-13-9-16(24)17(25)11-15(13)23;1-6-11(2)18(26-20(30)31-21(3,4)5)19(29)25-13(9-17(27)28)7-12-8-15(23)16(24)10-14(12)22;1-17-11(16)4-7(15)2-6-3-9(13)10(14)5-8(6)12;7-6(8,9)5-12-11-4-3-10-1-2-13(4)5;/h10,12,14,16,22H,6-9,11,13H2,1-5H3,(H,34,41)(H,35,42);9,11-12,14,19H,7-8,10H2,1-6H3,(H,26,29)(H,27,30);8,10-11,13,18H,6-7,9H2,1-5H3,(H,25,29)(H,26,30)(H,27,28);3,5,7H,2,4,15H2,1H3;10H,1-3H2;1H/t14?,16-,22?;12?,14-,19?;11?,13-,18?;7-;;/m1111../s1. The maximum atomic E-state index is 14.6. The van der Waals surface area contributed by atoms with E-state index in [-0.39, 0.29) is 111 Å². The van der Waals surface area contributed by atoms with Crippen LogP contribution in [0.3, 0.4) is 0 Å². The summed E-state index contributed by atoms with van der Waals surface area (Å²) in [5.74, 6) is -22.6. The van der Waals surface area contributed by atoms with Gasteiger partial charge in [-0.3, -0.25) is 33.6 Å². The van der Waals surface area contributed by atoms with Gasteiger partial charge < -0.3 is 85.8 Å². The maximum Gasteiger partial charge on any atom is 0.451 e. The van der Waals surface area contributed by atoms with Gasteiger partial charge in [-0.1, -0.05) is 60.8 Å². The quantitative estimate of drug-likeness (QED) is 0.00844. The van der Waals surface area contributed by atoms with Crippen molar-refractivity contribution in [1.29, 1.82) is 0 Å². The van der Waals surface area contributed by atoms with E-state index in [2.05, 4.69) is 67.1 Å². The minimum atomic E-state index is -4.74. The Morgan fingerprint density at radius 1 is 0.416 bits per heavy atom. The number of carbonyl (C=O) groups is 10. The fourth-order valence-electron chi connectivity index (χ4n) is 12.9. The van der Waals surface area contributed by atoms with Gasteiger partial charge in [-0.25, -0.2) is 67.1 Å². The predicted molar refractivity (Wildman–Crippen MR) is 456 cm³/mol. The number of carbonyl (C=O) groups excluding carboxylic acids is 9. The number of benzene rings is 4. The molecule has 7 amide bonds. The number of fused-ring (bicyclic) bond motifs is 2. The number of halogens is 19. The van der Waals surface area contributed by atoms with Gasteiger partial charge in [-0.05, 0) is 152 Å². The molecule has 10 N–H and O–H groups in total. The van der Waals surface area contributed by atoms with Crippen molar-refractivity contribution in [3.05, 3.63) is 164 Å². The number of hydrogen-bond donors (Lipinski definition) is 9. The molecule has 2 aliphatic heterocycles. The van der Waals surface area contributed by atoms with Crippen molar-refractivity contribution in [1.82, 2.24) is 71.6 Å². The first-order valence-corrected chi connectivity index (χ1v) is 42.4. The summed E-state index contributed by atoms with van der Waals surface area (Å²) in [6, 6.07) is -3.02. The Morgan fingerprint density at radius 2 is 0.715 bits per heavy atom. The van der Waals surface area contributed by atoms with Crippen LogP contribution in [0.25, 0.3) is 0 Å². The predicted octanol–water partition coefficient (Wildman–Crippen LogP) is 13.7. The summed E-state index contributed by atoms with van der Waals surface area (Å²) < 4.78 is 265. The highest BCUT2D eigenvalue weighted by Gasteiger charge is 2.43. The summed E-state index contributed by atoms with van der Waals surface area (Å²) in [6.45, 7) is 25.9. The van der Waals surface area contributed by atoms with E-state index in [9.17, 15) is 127 Å². The molecule has 0 saturated carbocycles. The first kappa shape index (κ1) is 119. The molecule has 6 unspecified atom stereocenters. The van der Waals surface area contributed by atoms with E-state index in [0.717, 1.165) is 22.3 Å². The highest BCUT2D eigenvalue weighted by atomic mass is 35.5. The molecule has 31 nitrogen and oxygen atoms in total. The summed E-state index contributed by atoms with van der Waals surface area (Å²) in [5, 5.41) is 40.5. The van der Waals surface area contributed by atoms with Gasteiger partial charge in [0.2, 0.25) is 35.3 Å². The molecule has 50 heteroatoms. The highest BCUT2D eigenvalue weighted by molar-refractivity contribution is 5.89. The van der Waals surface area contributed by atoms with Gasteiger partial charge in [0.15, 0.2) is 52.4 Å². The van der Waals surface area contributed by atoms with Gasteiger partial charge >= 0.3 is 48.5 Å². The second-order valence-electron chi connectivity index (χ2n) is 34.7. The monoisotopic (exact) mass is 2000 g/mol. The zero-order valence-corrected chi connectivity index (χ0v) is 78.7. The number of esters is 2. The Morgan fingerprint density at radius 3 is 1.03 bits per heavy atom. The van der Waals surface area contributed by atoms with Crippen LogP contribution in [0.1, 0.15) is 194 Å². The number of aromatic nitrogens is 6. The molecule has 0 spiro atoms. The minimum Gasteiger partial charge on any atom is -0.481 e. The Labute approximate surface area is 783 Å². The second-order valence-corrected chi connectivity index (χ2v) is 34.7. The fourth-order valence-corrected chi connectivity index (χ4v) is 12.9. The Bertz CT molecular complexity index is 5090. The lowest BCUT2D eigenvalue weighted by Crippen LogP contribution is -2.54. The van der Waals surface area contributed by atoms with Gasteiger partial charge in [-0.2, -0.15) is 26.3 Å². The number of carboxylic acid groups (broad SMARTS) is 1. The largest absolute Gasteiger partial charge is 0.481 e. The molecule has 0 fully saturated rings. The van der Waals surface area contributed by atoms with Gasteiger partial charge in [-0.15, -0.1) is 32.8 Å². The third-order valence-corrected chi connectivity index (χ3v) is 20.2. The van der Waals surface area contributed by atoms with E-state index >= 15 is 0 Å². The molecule has 0 bridgehead atoms. The first-order chi connectivity index (χ1) is 62.9. The maximum absolute atomic E-state index is 14.6. The normalized spacial score (nSPS) is 14.6. The number of rotatable bonds is 31. The van der Waals surface area contributed by atoms with Crippen molar-refractivity contribution in [3.8, 4) is 0 Å². The molecule has 10 atom stereocenters. The fraction of sp³-hybridized carbons (Fsp3) is 0.563. The summed E-state index contributed by atoms with van der Waals surface area (Å²) in [7, 11) is 2.35. The van der Waals surface area contributed by atoms with Crippen LogP contribution >= 0.6 is 12.4 Å². The molecule has 0 aliphatic carbocycles. The average Bonchev–Trinajstić information content (AvgIpc) is 1.65. The Kier molecular flexibility index (Phi) is 46.4. The van der Waals surface area contributed by atoms with Crippen LogP contribution in [0.15, 0.2) is 48.5 Å². The summed E-state index contributed by atoms with van der Waals surface area (Å²) in [4.78, 5) is 124. The zero-order valence-electron chi connectivity index (χ0n) is 77.9. The third-order valence-electron chi connectivity index (χ3n) is 20.2. The lowest BCUT2D eigenvalue weighted by atomic mass is 9.96. The van der Waals surface area contributed by atoms with Crippen LogP contribution in [0.2, 0.25) is 0 Å². The molecule has 4 heterocycles. The van der Waals surface area contributed by atoms with E-state index in [1.54, 1.807) is 96.9 Å². The van der Waals surface area contributed by atoms with Crippen molar-refractivity contribution in [2.24, 2.45) is 23.5 Å². The second kappa shape index (κ2) is 53.2. The van der Waals surface area contributed by atoms with Crippen LogP contribution in [0.4, 0.5) is 93.4 Å². The van der Waals surface area contributed by atoms with Crippen LogP contribution in [0, 0.1) is 87.6 Å². The van der Waals surface area contributed by atoms with E-state index in [1.807, 2.05) is 6.92 Å². The number of methoxy groups -OCH3 is 2. The van der Waals surface area contributed by atoms with Crippen LogP contribution in [-0.4, -0.2) is 186 Å². The number of amides is 7. The molecule has 0 radical (unpaired) electrons. The summed E-state index contributed by atoms with van der Waals surface area (Å²) >= 11 is 0. The van der Waals surface area contributed by atoms with Crippen LogP contribution in [0.5, 0.6) is 0 Å². The van der Waals surface area contributed by atoms with E-state index in [1.165, 1.54) is 12.0 Å². The number of nitrogens with two attached hydrogens (primary N) is 1. The number of hydrogen-bond acceptors (Lipinski definition) is 21. The average molecular weight is 2000 g/mol. The lowest BCUT2D eigenvalue weighted by molar-refractivity contribution is -0.149. The molecule has 766 valence electrons. The molecule has 0 saturated heterocycles. The van der Waals surface area contributed by atoms with Crippen molar-refractivity contribution in [3.63, 3.8) is 0 Å². The number of nitrogens with one attached hydrogen (secondary N) is 7. The summed E-state index contributed by atoms with van der Waals surface area (Å²) in [5.41, 5.74) is 2.21. The van der Waals surface area contributed by atoms with Crippen LogP contribution in [-0.2, 0) is 121 Å². The molecule has 8 rings (SSSR count). The summed E-state index contributed by atoms with van der Waals surface area (Å²) in [6.07, 6.45) is -12.9. The molecule has 2 aliphatic rings. The van der Waals surface area contributed by atoms with E-state index in [0.29, 0.717) is 80.6 Å². The Hall–Kier alpha value is -11.8. The molecule has 4 aromatic carbocycles. The number of alkyl halides is 6. The van der Waals surface area contributed by atoms with Crippen molar-refractivity contribution in [2.75, 3.05) is 27.3 Å². The van der Waals surface area contributed by atoms with Crippen molar-refractivity contribution >= 4 is 72.2 Å².